The van der Waals surface area contributed by atoms with Gasteiger partial charge in [-0.2, -0.15) is 0 Å². The van der Waals surface area contributed by atoms with Gasteiger partial charge in [0.2, 0.25) is 17.3 Å². The van der Waals surface area contributed by atoms with E-state index in [9.17, 15) is 14.4 Å². The van der Waals surface area contributed by atoms with Gasteiger partial charge in [-0.15, -0.1) is 0 Å². The number of ether oxygens (including phenoxy) is 6. The van der Waals surface area contributed by atoms with Crippen LogP contribution in [0.2, 0.25) is 0 Å². The van der Waals surface area contributed by atoms with E-state index in [2.05, 4.69) is 57.5 Å². The summed E-state index contributed by atoms with van der Waals surface area (Å²) in [5.74, 6) is 1.67. The lowest BCUT2D eigenvalue weighted by Crippen LogP contribution is -2.33. The van der Waals surface area contributed by atoms with Crippen molar-refractivity contribution in [2.75, 3.05) is 55.6 Å². The zero-order valence-corrected chi connectivity index (χ0v) is 63.8. The standard InChI is InChI=1S/C87H141N3O9/c1-7-13-19-25-31-37-43-49-61-94-79-58-55-73(67-82(79)97-64-52-46-40-34-28-22-16-10-4)88-70-76-85(91)77(71-89-74-56-59-80(95-62-50-44-38-32-26-20-14-8-2)83(68-74)98-65-53-47-41-35-29-23-17-11-5)87(93)78(86(76)92)72-90-75-57-60-81(96-63-51-45-39-33-27-21-15-9-3)84(69-75)99-66-54-48-42-36-30-24-18-12-6/h55-60,67-72,88-90H,7-54,61-66H2,1-6H3. The van der Waals surface area contributed by atoms with Crippen LogP contribution in [0, 0.1) is 0 Å². The monoisotopic (exact) mass is 1370 g/mol. The van der Waals surface area contributed by atoms with E-state index < -0.39 is 17.3 Å². The van der Waals surface area contributed by atoms with Crippen LogP contribution in [0.5, 0.6) is 34.5 Å². The minimum absolute atomic E-state index is 0.190. The highest BCUT2D eigenvalue weighted by atomic mass is 16.5. The highest BCUT2D eigenvalue weighted by Gasteiger charge is 2.39. The number of hydrogen-bond donors (Lipinski definition) is 3. The Morgan fingerprint density at radius 3 is 0.566 bits per heavy atom. The average Bonchev–Trinajstić information content (AvgIpc) is 0.788. The maximum atomic E-state index is 14.9. The van der Waals surface area contributed by atoms with E-state index in [-0.39, 0.29) is 16.7 Å². The molecule has 558 valence electrons. The first-order valence-corrected chi connectivity index (χ1v) is 41.0. The molecular formula is C87H141N3O9. The van der Waals surface area contributed by atoms with Crippen molar-refractivity contribution in [1.82, 2.24) is 0 Å². The summed E-state index contributed by atoms with van der Waals surface area (Å²) in [6.07, 6.45) is 61.8. The fourth-order valence-corrected chi connectivity index (χ4v) is 12.6. The van der Waals surface area contributed by atoms with E-state index in [0.717, 1.165) is 77.0 Å². The molecule has 0 saturated heterocycles. The molecule has 99 heavy (non-hydrogen) atoms. The van der Waals surface area contributed by atoms with Crippen molar-refractivity contribution < 1.29 is 42.8 Å². The number of unbranched alkanes of at least 4 members (excludes halogenated alkanes) is 42. The molecule has 0 spiro atoms. The van der Waals surface area contributed by atoms with E-state index in [1.54, 1.807) is 0 Å². The SMILES string of the molecule is CCCCCCCCCCOc1ccc(NC=C2C(=O)C(=CNc3ccc(OCCCCCCCCCC)c(OCCCCCCCCCC)c3)C(=O)C(=CNc3ccc(OCCCCCCCCCC)c(OCCCCCCCCCC)c3)C2=O)cc1OCCCCCCCCCC. The number of carbonyl (C=O) groups is 3. The molecule has 4 rings (SSSR count). The Morgan fingerprint density at radius 1 is 0.222 bits per heavy atom. The number of carbonyl (C=O) groups excluding carboxylic acids is 3. The highest BCUT2D eigenvalue weighted by molar-refractivity contribution is 6.51. The molecule has 12 nitrogen and oxygen atoms in total. The Bertz CT molecular complexity index is 2350. The molecule has 1 aliphatic rings. The van der Waals surface area contributed by atoms with Crippen LogP contribution in [0.15, 0.2) is 89.9 Å². The number of nitrogens with one attached hydrogen (secondary N) is 3. The van der Waals surface area contributed by atoms with Crippen LogP contribution < -0.4 is 44.4 Å². The smallest absolute Gasteiger partial charge is 0.203 e. The van der Waals surface area contributed by atoms with Crippen LogP contribution in [0.3, 0.4) is 0 Å². The molecule has 0 aromatic heterocycles. The first-order valence-electron chi connectivity index (χ1n) is 41.0. The molecule has 0 atom stereocenters. The molecule has 0 unspecified atom stereocenters. The average molecular weight is 1370 g/mol. The summed E-state index contributed by atoms with van der Waals surface area (Å²) in [7, 11) is 0. The van der Waals surface area contributed by atoms with Crippen LogP contribution in [0.1, 0.15) is 350 Å². The van der Waals surface area contributed by atoms with Crippen molar-refractivity contribution in [3.05, 3.63) is 89.9 Å². The number of benzene rings is 3. The minimum Gasteiger partial charge on any atom is -0.490 e. The van der Waals surface area contributed by atoms with E-state index in [1.165, 1.54) is 250 Å². The zero-order valence-electron chi connectivity index (χ0n) is 63.8. The molecule has 3 aromatic carbocycles. The fourth-order valence-electron chi connectivity index (χ4n) is 12.6. The van der Waals surface area contributed by atoms with Gasteiger partial charge in [0.25, 0.3) is 0 Å². The lowest BCUT2D eigenvalue weighted by atomic mass is 9.84. The van der Waals surface area contributed by atoms with Crippen LogP contribution in [-0.2, 0) is 14.4 Å². The molecule has 0 bridgehead atoms. The predicted octanol–water partition coefficient (Wildman–Crippen LogP) is 25.8. The third-order valence-electron chi connectivity index (χ3n) is 19.0. The molecule has 3 N–H and O–H groups in total. The molecule has 0 radical (unpaired) electrons. The Labute approximate surface area is 603 Å². The van der Waals surface area contributed by atoms with Crippen LogP contribution in [-0.4, -0.2) is 57.0 Å². The lowest BCUT2D eigenvalue weighted by Gasteiger charge is -2.19. The second kappa shape index (κ2) is 58.7. The van der Waals surface area contributed by atoms with Crippen molar-refractivity contribution >= 4 is 34.4 Å². The van der Waals surface area contributed by atoms with Gasteiger partial charge in [-0.1, -0.05) is 311 Å². The Hall–Kier alpha value is -5.91. The molecule has 3 aromatic rings. The Kier molecular flexibility index (Phi) is 50.7. The van der Waals surface area contributed by atoms with Crippen LogP contribution in [0.4, 0.5) is 17.1 Å². The number of anilines is 3. The summed E-state index contributed by atoms with van der Waals surface area (Å²) in [6.45, 7) is 16.9. The van der Waals surface area contributed by atoms with E-state index in [4.69, 9.17) is 28.4 Å². The largest absolute Gasteiger partial charge is 0.490 e. The third kappa shape index (κ3) is 39.2. The van der Waals surface area contributed by atoms with Gasteiger partial charge in [0.1, 0.15) is 0 Å². The second-order valence-electron chi connectivity index (χ2n) is 28.0. The summed E-state index contributed by atoms with van der Waals surface area (Å²) in [5, 5.41) is 9.81. The Balaban J connectivity index is 1.67. The normalized spacial score (nSPS) is 12.3. The topological polar surface area (TPSA) is 143 Å². The van der Waals surface area contributed by atoms with Gasteiger partial charge < -0.3 is 44.4 Å². The zero-order chi connectivity index (χ0) is 70.7. The van der Waals surface area contributed by atoms with Crippen molar-refractivity contribution in [2.45, 2.75) is 350 Å². The van der Waals surface area contributed by atoms with Crippen LogP contribution >= 0.6 is 0 Å². The number of Topliss-reactive ketones (excluding diaryl/α,β-unsaturated/α-hetero) is 3. The van der Waals surface area contributed by atoms with Gasteiger partial charge in [0.15, 0.2) is 34.5 Å². The lowest BCUT2D eigenvalue weighted by molar-refractivity contribution is -0.124. The van der Waals surface area contributed by atoms with E-state index in [0.29, 0.717) is 91.2 Å². The molecule has 1 saturated carbocycles. The predicted molar refractivity (Wildman–Crippen MR) is 418 cm³/mol. The maximum absolute atomic E-state index is 14.9. The molecule has 1 fully saturated rings. The molecular weight excluding hydrogens is 1230 g/mol. The van der Waals surface area contributed by atoms with Crippen molar-refractivity contribution in [1.29, 1.82) is 0 Å². The van der Waals surface area contributed by atoms with Crippen molar-refractivity contribution in [3.8, 4) is 34.5 Å². The number of rotatable bonds is 66. The van der Waals surface area contributed by atoms with Crippen molar-refractivity contribution in [2.24, 2.45) is 0 Å². The Morgan fingerprint density at radius 2 is 0.384 bits per heavy atom. The highest BCUT2D eigenvalue weighted by Crippen LogP contribution is 2.36. The summed E-state index contributed by atoms with van der Waals surface area (Å²) in [4.78, 5) is 44.6. The van der Waals surface area contributed by atoms with Gasteiger partial charge in [0.05, 0.1) is 56.4 Å². The van der Waals surface area contributed by atoms with E-state index >= 15 is 0 Å². The van der Waals surface area contributed by atoms with Gasteiger partial charge in [-0.3, -0.25) is 14.4 Å². The first-order chi connectivity index (χ1) is 48.8. The minimum atomic E-state index is -0.704. The number of hydrogen-bond acceptors (Lipinski definition) is 12. The number of ketones is 3. The first kappa shape index (κ1) is 85.5. The molecule has 1 aliphatic carbocycles. The molecule has 0 heterocycles. The fraction of sp³-hybridized carbons (Fsp3) is 0.690. The summed E-state index contributed by atoms with van der Waals surface area (Å²) >= 11 is 0. The van der Waals surface area contributed by atoms with E-state index in [1.807, 2.05) is 54.6 Å². The summed E-state index contributed by atoms with van der Waals surface area (Å²) in [6, 6.07) is 16.9. The van der Waals surface area contributed by atoms with Crippen LogP contribution in [0.25, 0.3) is 0 Å². The van der Waals surface area contributed by atoms with Crippen molar-refractivity contribution in [3.63, 3.8) is 0 Å². The van der Waals surface area contributed by atoms with Gasteiger partial charge in [0, 0.05) is 53.9 Å². The van der Waals surface area contributed by atoms with Gasteiger partial charge in [-0.05, 0) is 74.9 Å². The van der Waals surface area contributed by atoms with Gasteiger partial charge in [-0.25, -0.2) is 0 Å². The second-order valence-corrected chi connectivity index (χ2v) is 28.0. The number of allylic oxidation sites excluding steroid dienone is 3. The van der Waals surface area contributed by atoms with Gasteiger partial charge >= 0.3 is 0 Å². The quantitative estimate of drug-likeness (QED) is 0.0281. The maximum Gasteiger partial charge on any atom is 0.203 e. The summed E-state index contributed by atoms with van der Waals surface area (Å²) in [5.41, 5.74) is 1.24. The molecule has 0 amide bonds. The summed E-state index contributed by atoms with van der Waals surface area (Å²) < 4.78 is 38.6. The third-order valence-corrected chi connectivity index (χ3v) is 19.0. The molecule has 12 heteroatoms. The molecule has 0 aliphatic heterocycles.